The van der Waals surface area contributed by atoms with Crippen molar-refractivity contribution in [2.75, 3.05) is 19.7 Å². The summed E-state index contributed by atoms with van der Waals surface area (Å²) in [5.41, 5.74) is 2.93. The van der Waals surface area contributed by atoms with Gasteiger partial charge in [0.2, 0.25) is 0 Å². The van der Waals surface area contributed by atoms with Crippen molar-refractivity contribution in [3.63, 3.8) is 0 Å². The number of benzene rings is 1. The molecule has 2 aliphatic rings. The number of ether oxygens (including phenoxy) is 1. The highest BCUT2D eigenvalue weighted by atomic mass is 16.5. The maximum Gasteiger partial charge on any atom is 0.325 e. The highest BCUT2D eigenvalue weighted by Crippen LogP contribution is 2.33. The second kappa shape index (κ2) is 11.8. The van der Waals surface area contributed by atoms with Crippen LogP contribution in [-0.2, 0) is 19.7 Å². The molecule has 0 saturated carbocycles. The summed E-state index contributed by atoms with van der Waals surface area (Å²) in [5, 5.41) is 0. The van der Waals surface area contributed by atoms with Gasteiger partial charge in [0.15, 0.2) is 0 Å². The molecule has 0 fully saturated rings. The molecular formula is C28H30N2O3. The number of ketones is 1. The number of allylic oxidation sites excluding steroid dienone is 6. The van der Waals surface area contributed by atoms with Gasteiger partial charge in [-0.1, -0.05) is 60.7 Å². The molecule has 4 rings (SSSR count). The van der Waals surface area contributed by atoms with E-state index in [-0.39, 0.29) is 11.8 Å². The van der Waals surface area contributed by atoms with E-state index in [1.54, 1.807) is 19.3 Å². The third-order valence-electron chi connectivity index (χ3n) is 5.65. The molecule has 1 unspecified atom stereocenters. The normalized spacial score (nSPS) is 18.7. The molecule has 1 aromatic heterocycles. The van der Waals surface area contributed by atoms with Gasteiger partial charge < -0.3 is 9.64 Å². The van der Waals surface area contributed by atoms with Crippen LogP contribution in [0.15, 0.2) is 97.5 Å². The SMILES string of the molecule is CC(=O)C1(c2ccccc2)C=CC=CC1.CCOC(=O)CN1C=CC(c2ccncc2)=CC1. The second-order valence-corrected chi connectivity index (χ2v) is 7.83. The molecule has 0 saturated heterocycles. The average Bonchev–Trinajstić information content (AvgIpc) is 2.86. The zero-order valence-corrected chi connectivity index (χ0v) is 19.2. The van der Waals surface area contributed by atoms with Crippen LogP contribution in [0.5, 0.6) is 0 Å². The van der Waals surface area contributed by atoms with Crippen molar-refractivity contribution in [3.05, 3.63) is 109 Å². The van der Waals surface area contributed by atoms with Crippen molar-refractivity contribution in [1.82, 2.24) is 9.88 Å². The van der Waals surface area contributed by atoms with Gasteiger partial charge in [-0.15, -0.1) is 0 Å². The number of carbonyl (C=O) groups excluding carboxylic acids is 2. The third-order valence-corrected chi connectivity index (χ3v) is 5.65. The molecular weight excluding hydrogens is 412 g/mol. The molecule has 5 heteroatoms. The van der Waals surface area contributed by atoms with Crippen LogP contribution in [0.1, 0.15) is 31.4 Å². The van der Waals surface area contributed by atoms with Crippen LogP contribution >= 0.6 is 0 Å². The highest BCUT2D eigenvalue weighted by Gasteiger charge is 2.34. The molecule has 1 atom stereocenters. The van der Waals surface area contributed by atoms with Crippen LogP contribution in [-0.4, -0.2) is 41.3 Å². The molecule has 170 valence electrons. The number of nitrogens with zero attached hydrogens (tertiary/aromatic N) is 2. The number of rotatable bonds is 6. The lowest BCUT2D eigenvalue weighted by Crippen LogP contribution is -2.32. The molecule has 2 heterocycles. The zero-order valence-electron chi connectivity index (χ0n) is 19.2. The van der Waals surface area contributed by atoms with Crippen molar-refractivity contribution in [1.29, 1.82) is 0 Å². The first-order valence-corrected chi connectivity index (χ1v) is 11.1. The number of hydrogen-bond acceptors (Lipinski definition) is 5. The van der Waals surface area contributed by atoms with Gasteiger partial charge in [0.25, 0.3) is 0 Å². The molecule has 0 radical (unpaired) electrons. The highest BCUT2D eigenvalue weighted by molar-refractivity contribution is 5.91. The second-order valence-electron chi connectivity index (χ2n) is 7.83. The number of pyridine rings is 1. The van der Waals surface area contributed by atoms with E-state index in [4.69, 9.17) is 4.74 Å². The molecule has 0 spiro atoms. The number of Topliss-reactive ketones (excluding diaryl/α,β-unsaturated/α-hetero) is 1. The quantitative estimate of drug-likeness (QED) is 0.597. The van der Waals surface area contributed by atoms with Gasteiger partial charge in [0.05, 0.1) is 12.0 Å². The van der Waals surface area contributed by atoms with Gasteiger partial charge >= 0.3 is 5.97 Å². The minimum absolute atomic E-state index is 0.192. The summed E-state index contributed by atoms with van der Waals surface area (Å²) in [6, 6.07) is 13.9. The minimum Gasteiger partial charge on any atom is -0.465 e. The Balaban J connectivity index is 0.000000189. The van der Waals surface area contributed by atoms with Gasteiger partial charge in [-0.05, 0) is 55.2 Å². The molecule has 2 aromatic rings. The first kappa shape index (κ1) is 23.9. The molecule has 0 N–H and O–H groups in total. The van der Waals surface area contributed by atoms with Crippen molar-refractivity contribution in [3.8, 4) is 0 Å². The Labute approximate surface area is 195 Å². The van der Waals surface area contributed by atoms with Crippen LogP contribution in [0.2, 0.25) is 0 Å². The van der Waals surface area contributed by atoms with Gasteiger partial charge in [0.1, 0.15) is 12.3 Å². The predicted octanol–water partition coefficient (Wildman–Crippen LogP) is 4.89. The fourth-order valence-corrected chi connectivity index (χ4v) is 3.81. The summed E-state index contributed by atoms with van der Waals surface area (Å²) in [6.07, 6.45) is 18.3. The average molecular weight is 443 g/mol. The van der Waals surface area contributed by atoms with E-state index in [1.807, 2.05) is 84.8 Å². The Morgan fingerprint density at radius 2 is 1.85 bits per heavy atom. The van der Waals surface area contributed by atoms with E-state index < -0.39 is 5.41 Å². The van der Waals surface area contributed by atoms with E-state index in [2.05, 4.69) is 17.1 Å². The Kier molecular flexibility index (Phi) is 8.53. The van der Waals surface area contributed by atoms with Gasteiger partial charge in [-0.3, -0.25) is 14.6 Å². The maximum absolute atomic E-state index is 11.8. The fraction of sp³-hybridized carbons (Fsp3) is 0.250. The third kappa shape index (κ3) is 6.39. The van der Waals surface area contributed by atoms with Gasteiger partial charge in [-0.25, -0.2) is 0 Å². The van der Waals surface area contributed by atoms with E-state index in [0.717, 1.165) is 23.1 Å². The topological polar surface area (TPSA) is 59.5 Å². The lowest BCUT2D eigenvalue weighted by Gasteiger charge is -2.28. The minimum atomic E-state index is -0.435. The Morgan fingerprint density at radius 3 is 2.42 bits per heavy atom. The fourth-order valence-electron chi connectivity index (χ4n) is 3.81. The first-order valence-electron chi connectivity index (χ1n) is 11.1. The van der Waals surface area contributed by atoms with E-state index in [1.165, 1.54) is 0 Å². The van der Waals surface area contributed by atoms with E-state index in [9.17, 15) is 9.59 Å². The van der Waals surface area contributed by atoms with Crippen molar-refractivity contribution < 1.29 is 14.3 Å². The Hall–Kier alpha value is -3.73. The van der Waals surface area contributed by atoms with Crippen LogP contribution in [0, 0.1) is 0 Å². The summed E-state index contributed by atoms with van der Waals surface area (Å²) < 4.78 is 4.91. The smallest absolute Gasteiger partial charge is 0.325 e. The lowest BCUT2D eigenvalue weighted by molar-refractivity contribution is -0.143. The molecule has 1 aliphatic heterocycles. The molecule has 1 aromatic carbocycles. The van der Waals surface area contributed by atoms with Gasteiger partial charge in [-0.2, -0.15) is 0 Å². The van der Waals surface area contributed by atoms with Crippen LogP contribution in [0.3, 0.4) is 0 Å². The summed E-state index contributed by atoms with van der Waals surface area (Å²) in [5.74, 6) is 0.0113. The van der Waals surface area contributed by atoms with Gasteiger partial charge in [0, 0.05) is 25.1 Å². The van der Waals surface area contributed by atoms with Crippen LogP contribution in [0.25, 0.3) is 5.57 Å². The van der Waals surface area contributed by atoms with E-state index in [0.29, 0.717) is 19.7 Å². The molecule has 0 bridgehead atoms. The molecule has 5 nitrogen and oxygen atoms in total. The van der Waals surface area contributed by atoms with Crippen molar-refractivity contribution in [2.24, 2.45) is 0 Å². The maximum atomic E-state index is 11.8. The zero-order chi connectivity index (χ0) is 23.5. The number of carbonyl (C=O) groups is 2. The van der Waals surface area contributed by atoms with Crippen LogP contribution in [0.4, 0.5) is 0 Å². The van der Waals surface area contributed by atoms with Crippen LogP contribution < -0.4 is 0 Å². The summed E-state index contributed by atoms with van der Waals surface area (Å²) in [7, 11) is 0. The number of hydrogen-bond donors (Lipinski definition) is 0. The largest absolute Gasteiger partial charge is 0.465 e. The predicted molar refractivity (Wildman–Crippen MR) is 131 cm³/mol. The van der Waals surface area contributed by atoms with E-state index >= 15 is 0 Å². The molecule has 33 heavy (non-hydrogen) atoms. The molecule has 1 aliphatic carbocycles. The number of aromatic nitrogens is 1. The first-order chi connectivity index (χ1) is 16.0. The standard InChI is InChI=1S/C14H16N2O2.C14H14O/c1-2-18-14(17)11-16-9-5-13(6-10-16)12-3-7-15-8-4-12;1-12(15)14(10-6-3-7-11-14)13-8-4-2-5-9-13/h3-9H,2,10-11H2,1H3;2-10H,11H2,1H3. The Morgan fingerprint density at radius 1 is 1.09 bits per heavy atom. The summed E-state index contributed by atoms with van der Waals surface area (Å²) in [6.45, 7) is 4.91. The summed E-state index contributed by atoms with van der Waals surface area (Å²) in [4.78, 5) is 29.1. The molecule has 0 amide bonds. The number of esters is 1. The Bertz CT molecular complexity index is 1060. The van der Waals surface area contributed by atoms with Crippen molar-refractivity contribution >= 4 is 17.3 Å². The van der Waals surface area contributed by atoms with Crippen molar-refractivity contribution in [2.45, 2.75) is 25.7 Å². The summed E-state index contributed by atoms with van der Waals surface area (Å²) >= 11 is 0. The monoisotopic (exact) mass is 442 g/mol. The lowest BCUT2D eigenvalue weighted by atomic mass is 9.73.